The summed E-state index contributed by atoms with van der Waals surface area (Å²) >= 11 is 7.41. The fourth-order valence-electron chi connectivity index (χ4n) is 1.43. The minimum Gasteiger partial charge on any atom is -0.490 e. The van der Waals surface area contributed by atoms with E-state index >= 15 is 0 Å². The largest absolute Gasteiger partial charge is 0.490 e. The summed E-state index contributed by atoms with van der Waals surface area (Å²) in [5, 5.41) is 17.0. The van der Waals surface area contributed by atoms with Crippen LogP contribution in [0.5, 0.6) is 5.75 Å². The predicted molar refractivity (Wildman–Crippen MR) is 71.4 cm³/mol. The first kappa shape index (κ1) is 13.1. The Morgan fingerprint density at radius 1 is 1.56 bits per heavy atom. The standard InChI is InChI=1S/C11H12ClN3O2S/c1-17-9-10(12)14-6-15-11(9)13-4-8(16)7-2-3-18-5-7/h2-3,5-6,8,16H,4H2,1H3,(H,13,14,15). The topological polar surface area (TPSA) is 67.3 Å². The SMILES string of the molecule is COc1c(Cl)ncnc1NCC(O)c1ccsc1. The molecule has 0 aliphatic rings. The number of rotatable bonds is 5. The van der Waals surface area contributed by atoms with Gasteiger partial charge in [0.2, 0.25) is 0 Å². The van der Waals surface area contributed by atoms with Gasteiger partial charge in [0.15, 0.2) is 16.7 Å². The van der Waals surface area contributed by atoms with E-state index < -0.39 is 6.10 Å². The molecule has 0 fully saturated rings. The first-order chi connectivity index (χ1) is 8.72. The van der Waals surface area contributed by atoms with Gasteiger partial charge in [-0.1, -0.05) is 11.6 Å². The summed E-state index contributed by atoms with van der Waals surface area (Å²) in [6, 6.07) is 1.88. The molecule has 0 aromatic carbocycles. The molecule has 2 aromatic heterocycles. The van der Waals surface area contributed by atoms with Crippen LogP contribution in [0.25, 0.3) is 0 Å². The Kier molecular flexibility index (Phi) is 4.35. The molecule has 0 saturated carbocycles. The van der Waals surface area contributed by atoms with Gasteiger partial charge in [-0.3, -0.25) is 0 Å². The Balaban J connectivity index is 2.04. The summed E-state index contributed by atoms with van der Waals surface area (Å²) in [5.74, 6) is 0.837. The van der Waals surface area contributed by atoms with E-state index in [1.807, 2.05) is 16.8 Å². The molecule has 96 valence electrons. The number of hydrogen-bond donors (Lipinski definition) is 2. The smallest absolute Gasteiger partial charge is 0.198 e. The van der Waals surface area contributed by atoms with E-state index in [0.717, 1.165) is 5.56 Å². The number of ether oxygens (including phenoxy) is 1. The highest BCUT2D eigenvalue weighted by Gasteiger charge is 2.13. The van der Waals surface area contributed by atoms with Crippen LogP contribution in [0.1, 0.15) is 11.7 Å². The molecule has 0 bridgehead atoms. The van der Waals surface area contributed by atoms with Crippen LogP contribution >= 0.6 is 22.9 Å². The molecule has 0 aliphatic heterocycles. The third-order valence-corrected chi connectivity index (χ3v) is 3.33. The van der Waals surface area contributed by atoms with Gasteiger partial charge in [0.05, 0.1) is 13.2 Å². The Morgan fingerprint density at radius 3 is 3.06 bits per heavy atom. The highest BCUT2D eigenvalue weighted by molar-refractivity contribution is 7.07. The minimum absolute atomic E-state index is 0.236. The molecule has 5 nitrogen and oxygen atoms in total. The lowest BCUT2D eigenvalue weighted by Gasteiger charge is -2.13. The maximum absolute atomic E-state index is 9.93. The van der Waals surface area contributed by atoms with Gasteiger partial charge in [0.25, 0.3) is 0 Å². The molecule has 2 heterocycles. The number of anilines is 1. The fraction of sp³-hybridized carbons (Fsp3) is 0.273. The molecule has 2 N–H and O–H groups in total. The molecule has 0 amide bonds. The minimum atomic E-state index is -0.602. The van der Waals surface area contributed by atoms with Crippen molar-refractivity contribution < 1.29 is 9.84 Å². The van der Waals surface area contributed by atoms with Crippen LogP contribution in [0.15, 0.2) is 23.2 Å². The highest BCUT2D eigenvalue weighted by Crippen LogP contribution is 2.28. The summed E-state index contributed by atoms with van der Waals surface area (Å²) < 4.78 is 5.10. The third kappa shape index (κ3) is 2.90. The first-order valence-corrected chi connectivity index (χ1v) is 6.53. The second-order valence-corrected chi connectivity index (χ2v) is 4.64. The van der Waals surface area contributed by atoms with E-state index in [4.69, 9.17) is 16.3 Å². The molecule has 0 aliphatic carbocycles. The summed E-state index contributed by atoms with van der Waals surface area (Å²) in [4.78, 5) is 7.84. The normalized spacial score (nSPS) is 12.2. The van der Waals surface area contributed by atoms with Crippen LogP contribution in [0.2, 0.25) is 5.15 Å². The van der Waals surface area contributed by atoms with Crippen molar-refractivity contribution in [2.24, 2.45) is 0 Å². The number of aromatic nitrogens is 2. The highest BCUT2D eigenvalue weighted by atomic mass is 35.5. The van der Waals surface area contributed by atoms with Crippen molar-refractivity contribution >= 4 is 28.8 Å². The monoisotopic (exact) mass is 285 g/mol. The Hall–Kier alpha value is -1.37. The molecular weight excluding hydrogens is 274 g/mol. The molecule has 1 atom stereocenters. The lowest BCUT2D eigenvalue weighted by atomic mass is 10.2. The van der Waals surface area contributed by atoms with E-state index in [1.165, 1.54) is 13.4 Å². The van der Waals surface area contributed by atoms with Crippen LogP contribution in [0.3, 0.4) is 0 Å². The Morgan fingerprint density at radius 2 is 2.39 bits per heavy atom. The van der Waals surface area contributed by atoms with Crippen LogP contribution in [-0.2, 0) is 0 Å². The number of nitrogens with zero attached hydrogens (tertiary/aromatic N) is 2. The van der Waals surface area contributed by atoms with Gasteiger partial charge in [-0.05, 0) is 22.4 Å². The van der Waals surface area contributed by atoms with Gasteiger partial charge in [0.1, 0.15) is 6.33 Å². The van der Waals surface area contributed by atoms with Crippen LogP contribution in [-0.4, -0.2) is 28.7 Å². The average molecular weight is 286 g/mol. The number of aliphatic hydroxyl groups excluding tert-OH is 1. The molecule has 0 radical (unpaired) electrons. The summed E-state index contributed by atoms with van der Waals surface area (Å²) in [5.41, 5.74) is 0.867. The molecule has 1 unspecified atom stereocenters. The summed E-state index contributed by atoms with van der Waals surface area (Å²) in [6.07, 6.45) is 0.735. The zero-order valence-corrected chi connectivity index (χ0v) is 11.2. The van der Waals surface area contributed by atoms with Crippen LogP contribution < -0.4 is 10.1 Å². The average Bonchev–Trinajstić information content (AvgIpc) is 2.90. The number of halogens is 1. The van der Waals surface area contributed by atoms with Gasteiger partial charge < -0.3 is 15.2 Å². The maximum atomic E-state index is 9.93. The number of hydrogen-bond acceptors (Lipinski definition) is 6. The second kappa shape index (κ2) is 5.99. The van der Waals surface area contributed by atoms with Crippen molar-refractivity contribution in [3.8, 4) is 5.75 Å². The van der Waals surface area contributed by atoms with E-state index in [-0.39, 0.29) is 5.15 Å². The predicted octanol–water partition coefficient (Wildman–Crippen LogP) is 2.35. The van der Waals surface area contributed by atoms with E-state index in [2.05, 4.69) is 15.3 Å². The number of methoxy groups -OCH3 is 1. The van der Waals surface area contributed by atoms with Crippen LogP contribution in [0.4, 0.5) is 5.82 Å². The lowest BCUT2D eigenvalue weighted by molar-refractivity contribution is 0.192. The van der Waals surface area contributed by atoms with Crippen molar-refractivity contribution in [3.05, 3.63) is 33.9 Å². The van der Waals surface area contributed by atoms with Crippen LogP contribution in [0, 0.1) is 0 Å². The van der Waals surface area contributed by atoms with Crippen molar-refractivity contribution in [2.75, 3.05) is 19.0 Å². The molecular formula is C11H12ClN3O2S. The van der Waals surface area contributed by atoms with Gasteiger partial charge >= 0.3 is 0 Å². The summed E-state index contributed by atoms with van der Waals surface area (Å²) in [7, 11) is 1.49. The van der Waals surface area contributed by atoms with E-state index in [1.54, 1.807) is 11.3 Å². The lowest BCUT2D eigenvalue weighted by Crippen LogP contribution is -2.13. The van der Waals surface area contributed by atoms with E-state index in [9.17, 15) is 5.11 Å². The van der Waals surface area contributed by atoms with Crippen molar-refractivity contribution in [1.82, 2.24) is 9.97 Å². The maximum Gasteiger partial charge on any atom is 0.198 e. The first-order valence-electron chi connectivity index (χ1n) is 5.21. The number of thiophene rings is 1. The Bertz CT molecular complexity index is 507. The van der Waals surface area contributed by atoms with Gasteiger partial charge in [0, 0.05) is 6.54 Å². The number of nitrogens with one attached hydrogen (secondary N) is 1. The zero-order valence-electron chi connectivity index (χ0n) is 9.63. The second-order valence-electron chi connectivity index (χ2n) is 3.50. The molecule has 0 spiro atoms. The quantitative estimate of drug-likeness (QED) is 0.826. The van der Waals surface area contributed by atoms with Crippen molar-refractivity contribution in [3.63, 3.8) is 0 Å². The molecule has 2 rings (SSSR count). The fourth-order valence-corrected chi connectivity index (χ4v) is 2.35. The molecule has 2 aromatic rings. The van der Waals surface area contributed by atoms with Gasteiger partial charge in [-0.2, -0.15) is 11.3 Å². The van der Waals surface area contributed by atoms with E-state index in [0.29, 0.717) is 18.1 Å². The Labute approximate surface area is 113 Å². The summed E-state index contributed by atoms with van der Waals surface area (Å²) in [6.45, 7) is 0.320. The van der Waals surface area contributed by atoms with Gasteiger partial charge in [-0.25, -0.2) is 9.97 Å². The zero-order chi connectivity index (χ0) is 13.0. The molecule has 7 heteroatoms. The van der Waals surface area contributed by atoms with Crippen molar-refractivity contribution in [1.29, 1.82) is 0 Å². The van der Waals surface area contributed by atoms with Gasteiger partial charge in [-0.15, -0.1) is 0 Å². The molecule has 18 heavy (non-hydrogen) atoms. The third-order valence-electron chi connectivity index (χ3n) is 2.36. The number of aliphatic hydroxyl groups is 1. The van der Waals surface area contributed by atoms with Crippen molar-refractivity contribution in [2.45, 2.75) is 6.10 Å². The molecule has 0 saturated heterocycles.